The lowest BCUT2D eigenvalue weighted by Gasteiger charge is -2.27. The number of nitrogens with two attached hydrogens (primary N) is 1. The van der Waals surface area contributed by atoms with Crippen LogP contribution in [0.1, 0.15) is 56.8 Å². The zero-order chi connectivity index (χ0) is 14.0. The Bertz CT molecular complexity index is 438. The molecule has 5 nitrogen and oxygen atoms in total. The zero-order valence-electron chi connectivity index (χ0n) is 12.2. The van der Waals surface area contributed by atoms with Crippen molar-refractivity contribution in [3.8, 4) is 0 Å². The zero-order valence-corrected chi connectivity index (χ0v) is 13.0. The van der Waals surface area contributed by atoms with Gasteiger partial charge in [-0.25, -0.2) is 0 Å². The van der Waals surface area contributed by atoms with E-state index < -0.39 is 0 Å². The van der Waals surface area contributed by atoms with E-state index in [1.807, 2.05) is 11.8 Å². The molecule has 0 aliphatic carbocycles. The van der Waals surface area contributed by atoms with Crippen molar-refractivity contribution in [3.05, 3.63) is 11.7 Å². The number of hydrogen-bond donors (Lipinski definition) is 1. The van der Waals surface area contributed by atoms with Crippen molar-refractivity contribution in [1.29, 1.82) is 0 Å². The van der Waals surface area contributed by atoms with E-state index in [0.29, 0.717) is 5.82 Å². The first-order valence-electron chi connectivity index (χ1n) is 7.63. The SMILES string of the molecule is CC1(c2nc(C(N)CN3CCCCC3)no2)CCCS1. The fraction of sp³-hybridized carbons (Fsp3) is 0.857. The molecule has 2 atom stereocenters. The highest BCUT2D eigenvalue weighted by atomic mass is 32.2. The standard InChI is InChI=1S/C14H24N4OS/c1-14(6-5-9-20-14)13-16-12(17-19-13)11(15)10-18-7-3-2-4-8-18/h11H,2-10,15H2,1H3. The first-order chi connectivity index (χ1) is 9.67. The molecule has 2 fully saturated rings. The van der Waals surface area contributed by atoms with E-state index in [2.05, 4.69) is 22.0 Å². The monoisotopic (exact) mass is 296 g/mol. The molecule has 3 heterocycles. The van der Waals surface area contributed by atoms with Crippen molar-refractivity contribution in [2.45, 2.75) is 49.8 Å². The number of aromatic nitrogens is 2. The maximum Gasteiger partial charge on any atom is 0.242 e. The van der Waals surface area contributed by atoms with Crippen LogP contribution in [0.4, 0.5) is 0 Å². The molecular weight excluding hydrogens is 272 g/mol. The molecule has 112 valence electrons. The number of rotatable bonds is 4. The second-order valence-corrected chi connectivity index (χ2v) is 7.71. The average Bonchev–Trinajstić information content (AvgIpc) is 3.09. The summed E-state index contributed by atoms with van der Waals surface area (Å²) in [4.78, 5) is 6.99. The Morgan fingerprint density at radius 2 is 2.15 bits per heavy atom. The van der Waals surface area contributed by atoms with E-state index in [1.165, 1.54) is 31.4 Å². The van der Waals surface area contributed by atoms with E-state index >= 15 is 0 Å². The molecule has 0 radical (unpaired) electrons. The van der Waals surface area contributed by atoms with Gasteiger partial charge in [-0.15, -0.1) is 11.8 Å². The first kappa shape index (κ1) is 14.4. The third kappa shape index (κ3) is 3.02. The van der Waals surface area contributed by atoms with E-state index in [0.717, 1.165) is 31.9 Å². The van der Waals surface area contributed by atoms with Crippen molar-refractivity contribution in [3.63, 3.8) is 0 Å². The fourth-order valence-electron chi connectivity index (χ4n) is 3.05. The van der Waals surface area contributed by atoms with E-state index in [4.69, 9.17) is 10.3 Å². The van der Waals surface area contributed by atoms with Crippen molar-refractivity contribution in [1.82, 2.24) is 15.0 Å². The van der Waals surface area contributed by atoms with E-state index in [-0.39, 0.29) is 10.8 Å². The van der Waals surface area contributed by atoms with Crippen LogP contribution < -0.4 is 5.73 Å². The van der Waals surface area contributed by atoms with Crippen LogP contribution in [0.25, 0.3) is 0 Å². The molecule has 0 saturated carbocycles. The fourth-order valence-corrected chi connectivity index (χ4v) is 4.28. The van der Waals surface area contributed by atoms with Crippen LogP contribution in [0.2, 0.25) is 0 Å². The quantitative estimate of drug-likeness (QED) is 0.919. The lowest BCUT2D eigenvalue weighted by atomic mass is 10.1. The molecule has 0 spiro atoms. The molecule has 2 aliphatic heterocycles. The van der Waals surface area contributed by atoms with Gasteiger partial charge in [-0.1, -0.05) is 11.6 Å². The van der Waals surface area contributed by atoms with Gasteiger partial charge in [0, 0.05) is 6.54 Å². The highest BCUT2D eigenvalue weighted by Gasteiger charge is 2.37. The van der Waals surface area contributed by atoms with Crippen molar-refractivity contribution in [2.24, 2.45) is 5.73 Å². The minimum Gasteiger partial charge on any atom is -0.338 e. The van der Waals surface area contributed by atoms with E-state index in [9.17, 15) is 0 Å². The van der Waals surface area contributed by atoms with Gasteiger partial charge < -0.3 is 15.2 Å². The van der Waals surface area contributed by atoms with Crippen LogP contribution in [0, 0.1) is 0 Å². The minimum atomic E-state index is -0.138. The van der Waals surface area contributed by atoms with Crippen molar-refractivity contribution in [2.75, 3.05) is 25.4 Å². The Balaban J connectivity index is 1.63. The lowest BCUT2D eigenvalue weighted by Crippen LogP contribution is -2.36. The van der Waals surface area contributed by atoms with Gasteiger partial charge >= 0.3 is 0 Å². The summed E-state index contributed by atoms with van der Waals surface area (Å²) in [5.74, 6) is 2.59. The highest BCUT2D eigenvalue weighted by molar-refractivity contribution is 8.00. The number of piperidine rings is 1. The molecule has 2 aliphatic rings. The summed E-state index contributed by atoms with van der Waals surface area (Å²) < 4.78 is 5.48. The topological polar surface area (TPSA) is 68.2 Å². The van der Waals surface area contributed by atoms with Crippen LogP contribution >= 0.6 is 11.8 Å². The molecular formula is C14H24N4OS. The second-order valence-electron chi connectivity index (χ2n) is 6.11. The molecule has 2 saturated heterocycles. The maximum atomic E-state index is 6.25. The Hall–Kier alpha value is -0.590. The lowest BCUT2D eigenvalue weighted by molar-refractivity contribution is 0.213. The molecule has 3 rings (SSSR count). The second kappa shape index (κ2) is 6.03. The Morgan fingerprint density at radius 1 is 1.35 bits per heavy atom. The van der Waals surface area contributed by atoms with Gasteiger partial charge in [-0.3, -0.25) is 0 Å². The van der Waals surface area contributed by atoms with Gasteiger partial charge in [0.25, 0.3) is 0 Å². The van der Waals surface area contributed by atoms with Gasteiger partial charge in [-0.05, 0) is 51.4 Å². The minimum absolute atomic E-state index is 0.00387. The number of nitrogens with zero attached hydrogens (tertiary/aromatic N) is 3. The highest BCUT2D eigenvalue weighted by Crippen LogP contribution is 2.45. The molecule has 2 unspecified atom stereocenters. The average molecular weight is 296 g/mol. The van der Waals surface area contributed by atoms with E-state index in [1.54, 1.807) is 0 Å². The third-order valence-corrected chi connectivity index (χ3v) is 5.86. The van der Waals surface area contributed by atoms with Crippen LogP contribution in [-0.4, -0.2) is 40.4 Å². The summed E-state index contributed by atoms with van der Waals surface area (Å²) in [6, 6.07) is -0.138. The Morgan fingerprint density at radius 3 is 2.85 bits per heavy atom. The molecule has 1 aromatic heterocycles. The predicted molar refractivity (Wildman–Crippen MR) is 80.6 cm³/mol. The number of hydrogen-bond acceptors (Lipinski definition) is 6. The third-order valence-electron chi connectivity index (χ3n) is 4.35. The predicted octanol–water partition coefficient (Wildman–Crippen LogP) is 2.30. The van der Waals surface area contributed by atoms with Gasteiger partial charge in [0.15, 0.2) is 5.82 Å². The van der Waals surface area contributed by atoms with Gasteiger partial charge in [0.05, 0.1) is 10.8 Å². The molecule has 0 bridgehead atoms. The smallest absolute Gasteiger partial charge is 0.242 e. The number of likely N-dealkylation sites (tertiary alicyclic amines) is 1. The molecule has 6 heteroatoms. The molecule has 0 amide bonds. The summed E-state index contributed by atoms with van der Waals surface area (Å²) in [6.07, 6.45) is 6.23. The normalized spacial score (nSPS) is 29.7. The maximum absolute atomic E-state index is 6.25. The van der Waals surface area contributed by atoms with Gasteiger partial charge in [0.2, 0.25) is 5.89 Å². The first-order valence-corrected chi connectivity index (χ1v) is 8.62. The van der Waals surface area contributed by atoms with Crippen LogP contribution in [0.15, 0.2) is 4.52 Å². The largest absolute Gasteiger partial charge is 0.338 e. The van der Waals surface area contributed by atoms with Gasteiger partial charge in [-0.2, -0.15) is 4.98 Å². The molecule has 20 heavy (non-hydrogen) atoms. The van der Waals surface area contributed by atoms with Crippen LogP contribution in [-0.2, 0) is 4.75 Å². The Kier molecular flexibility index (Phi) is 4.33. The van der Waals surface area contributed by atoms with Crippen LogP contribution in [0.3, 0.4) is 0 Å². The van der Waals surface area contributed by atoms with Crippen LogP contribution in [0.5, 0.6) is 0 Å². The Labute approximate surface area is 124 Å². The molecule has 1 aromatic rings. The molecule has 0 aromatic carbocycles. The molecule has 2 N–H and O–H groups in total. The summed E-state index contributed by atoms with van der Waals surface area (Å²) in [5.41, 5.74) is 6.25. The van der Waals surface area contributed by atoms with Crippen molar-refractivity contribution >= 4 is 11.8 Å². The summed E-state index contributed by atoms with van der Waals surface area (Å²) in [7, 11) is 0. The summed E-state index contributed by atoms with van der Waals surface area (Å²) in [6.45, 7) is 5.32. The summed E-state index contributed by atoms with van der Waals surface area (Å²) >= 11 is 1.91. The van der Waals surface area contributed by atoms with Crippen molar-refractivity contribution < 1.29 is 4.52 Å². The summed E-state index contributed by atoms with van der Waals surface area (Å²) in [5, 5.41) is 4.12. The van der Waals surface area contributed by atoms with Gasteiger partial charge in [0.1, 0.15) is 0 Å². The number of thioether (sulfide) groups is 1.